The number of ether oxygens (including phenoxy) is 1. The SMILES string of the molecule is CCCCC[C@H](O)/C=C/[C@@H]1[C@H](C/C=C\CCCC(=O)OCc2c(F)c(F)c(F)c(F)c2F)[C@@H](O)C[C@H]1O. The molecule has 1 aliphatic rings. The minimum absolute atomic E-state index is 0.133. The van der Waals surface area contributed by atoms with E-state index >= 15 is 0 Å². The first kappa shape index (κ1) is 30.9. The Morgan fingerprint density at radius 3 is 2.27 bits per heavy atom. The normalized spacial score (nSPS) is 22.8. The Hall–Kier alpha value is -2.30. The van der Waals surface area contributed by atoms with E-state index in [1.807, 2.05) is 6.08 Å². The second-order valence-corrected chi connectivity index (χ2v) is 9.37. The fourth-order valence-electron chi connectivity index (χ4n) is 4.40. The molecular formula is C27H35F5O5. The largest absolute Gasteiger partial charge is 0.461 e. The predicted octanol–water partition coefficient (Wildman–Crippen LogP) is 5.40. The zero-order valence-electron chi connectivity index (χ0n) is 20.8. The zero-order valence-corrected chi connectivity index (χ0v) is 20.8. The third kappa shape index (κ3) is 8.90. The second kappa shape index (κ2) is 15.2. The molecule has 1 aromatic rings. The lowest BCUT2D eigenvalue weighted by Gasteiger charge is -2.19. The summed E-state index contributed by atoms with van der Waals surface area (Å²) in [5, 5.41) is 30.7. The van der Waals surface area contributed by atoms with E-state index in [9.17, 15) is 42.1 Å². The van der Waals surface area contributed by atoms with Gasteiger partial charge in [0, 0.05) is 18.8 Å². The number of hydrogen-bond donors (Lipinski definition) is 3. The molecule has 0 amide bonds. The van der Waals surface area contributed by atoms with E-state index in [1.54, 1.807) is 18.2 Å². The van der Waals surface area contributed by atoms with Crippen LogP contribution in [-0.4, -0.2) is 39.6 Å². The number of carbonyl (C=O) groups is 1. The van der Waals surface area contributed by atoms with Crippen molar-refractivity contribution in [1.82, 2.24) is 0 Å². The van der Waals surface area contributed by atoms with Crippen molar-refractivity contribution in [1.29, 1.82) is 0 Å². The molecular weight excluding hydrogens is 499 g/mol. The van der Waals surface area contributed by atoms with Crippen LogP contribution in [0.15, 0.2) is 24.3 Å². The maximum atomic E-state index is 13.6. The summed E-state index contributed by atoms with van der Waals surface area (Å²) in [6.07, 6.45) is 10.1. The molecule has 1 aromatic carbocycles. The van der Waals surface area contributed by atoms with Crippen LogP contribution in [0.25, 0.3) is 0 Å². The molecule has 10 heteroatoms. The number of unbranched alkanes of at least 4 members (excludes halogenated alkanes) is 3. The zero-order chi connectivity index (χ0) is 27.5. The van der Waals surface area contributed by atoms with Gasteiger partial charge in [-0.15, -0.1) is 0 Å². The van der Waals surface area contributed by atoms with Crippen LogP contribution in [0.4, 0.5) is 22.0 Å². The van der Waals surface area contributed by atoms with E-state index in [4.69, 9.17) is 0 Å². The highest BCUT2D eigenvalue weighted by atomic mass is 19.2. The summed E-state index contributed by atoms with van der Waals surface area (Å²) in [4.78, 5) is 11.8. The van der Waals surface area contributed by atoms with Gasteiger partial charge >= 0.3 is 5.97 Å². The summed E-state index contributed by atoms with van der Waals surface area (Å²) in [5.41, 5.74) is -1.21. The summed E-state index contributed by atoms with van der Waals surface area (Å²) < 4.78 is 71.4. The molecule has 2 rings (SSSR count). The molecule has 37 heavy (non-hydrogen) atoms. The average Bonchev–Trinajstić information content (AvgIpc) is 3.14. The van der Waals surface area contributed by atoms with Gasteiger partial charge in [-0.1, -0.05) is 50.5 Å². The smallest absolute Gasteiger partial charge is 0.306 e. The Kier molecular flexibility index (Phi) is 12.7. The molecule has 0 radical (unpaired) electrons. The number of carbonyl (C=O) groups excluding carboxylic acids is 1. The van der Waals surface area contributed by atoms with Gasteiger partial charge in [0.15, 0.2) is 23.3 Å². The third-order valence-electron chi connectivity index (χ3n) is 6.58. The van der Waals surface area contributed by atoms with Crippen molar-refractivity contribution < 1.29 is 46.8 Å². The summed E-state index contributed by atoms with van der Waals surface area (Å²) >= 11 is 0. The first-order valence-electron chi connectivity index (χ1n) is 12.6. The van der Waals surface area contributed by atoms with Gasteiger partial charge in [-0.2, -0.15) is 0 Å². The summed E-state index contributed by atoms with van der Waals surface area (Å²) in [5.74, 6) is -11.9. The van der Waals surface area contributed by atoms with E-state index in [-0.39, 0.29) is 24.7 Å². The van der Waals surface area contributed by atoms with Gasteiger partial charge in [-0.25, -0.2) is 22.0 Å². The number of esters is 1. The highest BCUT2D eigenvalue weighted by Gasteiger charge is 2.39. The summed E-state index contributed by atoms with van der Waals surface area (Å²) in [6.45, 7) is 1.00. The molecule has 1 aliphatic carbocycles. The maximum absolute atomic E-state index is 13.6. The Labute approximate surface area is 213 Å². The van der Waals surface area contributed by atoms with Crippen LogP contribution in [0.1, 0.15) is 70.3 Å². The van der Waals surface area contributed by atoms with Gasteiger partial charge in [-0.3, -0.25) is 4.79 Å². The lowest BCUT2D eigenvalue weighted by molar-refractivity contribution is -0.145. The van der Waals surface area contributed by atoms with Crippen LogP contribution in [-0.2, 0) is 16.1 Å². The molecule has 0 aliphatic heterocycles. The number of aliphatic hydroxyl groups is 3. The average molecular weight is 535 g/mol. The lowest BCUT2D eigenvalue weighted by atomic mass is 9.89. The van der Waals surface area contributed by atoms with Crippen molar-refractivity contribution in [2.45, 2.75) is 89.6 Å². The molecule has 0 aromatic heterocycles. The third-order valence-corrected chi connectivity index (χ3v) is 6.58. The van der Waals surface area contributed by atoms with Gasteiger partial charge in [-0.05, 0) is 31.6 Å². The first-order chi connectivity index (χ1) is 17.6. The Morgan fingerprint density at radius 2 is 1.62 bits per heavy atom. The number of aliphatic hydroxyl groups excluding tert-OH is 3. The number of rotatable bonds is 14. The van der Waals surface area contributed by atoms with Gasteiger partial charge in [0.25, 0.3) is 0 Å². The summed E-state index contributed by atoms with van der Waals surface area (Å²) in [7, 11) is 0. The van der Waals surface area contributed by atoms with Gasteiger partial charge in [0.1, 0.15) is 6.61 Å². The predicted molar refractivity (Wildman–Crippen MR) is 127 cm³/mol. The number of halogens is 5. The van der Waals surface area contributed by atoms with E-state index in [0.717, 1.165) is 19.3 Å². The number of hydrogen-bond acceptors (Lipinski definition) is 5. The molecule has 1 saturated carbocycles. The van der Waals surface area contributed by atoms with Crippen molar-refractivity contribution in [2.24, 2.45) is 11.8 Å². The molecule has 0 heterocycles. The van der Waals surface area contributed by atoms with Crippen molar-refractivity contribution in [2.75, 3.05) is 0 Å². The Bertz CT molecular complexity index is 923. The molecule has 5 nitrogen and oxygen atoms in total. The van der Waals surface area contributed by atoms with Crippen LogP contribution in [0.3, 0.4) is 0 Å². The molecule has 5 atom stereocenters. The fraction of sp³-hybridized carbons (Fsp3) is 0.593. The minimum Gasteiger partial charge on any atom is -0.461 e. The molecule has 0 bridgehead atoms. The lowest BCUT2D eigenvalue weighted by Crippen LogP contribution is -2.20. The van der Waals surface area contributed by atoms with Crippen LogP contribution in [0.2, 0.25) is 0 Å². The van der Waals surface area contributed by atoms with Crippen molar-refractivity contribution >= 4 is 5.97 Å². The molecule has 0 spiro atoms. The molecule has 208 valence electrons. The standard InChI is InChI=1S/C27H35F5O5/c1-2-3-6-9-16(33)12-13-18-17(20(34)14-21(18)35)10-7-4-5-8-11-22(36)37-15-19-23(28)25(30)27(32)26(31)24(19)29/h4,7,12-13,16-18,20-21,33-35H,2-3,5-6,8-11,14-15H2,1H3/b7-4-,13-12+/t16-,17-,18+,20-,21+/m0/s1. The number of benzene rings is 1. The van der Waals surface area contributed by atoms with Crippen LogP contribution < -0.4 is 0 Å². The highest BCUT2D eigenvalue weighted by Crippen LogP contribution is 2.36. The van der Waals surface area contributed by atoms with Crippen molar-refractivity contribution in [3.63, 3.8) is 0 Å². The van der Waals surface area contributed by atoms with Crippen molar-refractivity contribution in [3.05, 3.63) is 59.0 Å². The monoisotopic (exact) mass is 534 g/mol. The molecule has 0 saturated heterocycles. The molecule has 0 unspecified atom stereocenters. The van der Waals surface area contributed by atoms with Gasteiger partial charge in [0.2, 0.25) is 5.82 Å². The minimum atomic E-state index is -2.28. The molecule has 1 fully saturated rings. The molecule has 3 N–H and O–H groups in total. The Morgan fingerprint density at radius 1 is 0.973 bits per heavy atom. The number of allylic oxidation sites excluding steroid dienone is 2. The Balaban J connectivity index is 1.76. The van der Waals surface area contributed by atoms with E-state index in [0.29, 0.717) is 25.7 Å². The van der Waals surface area contributed by atoms with Crippen LogP contribution in [0.5, 0.6) is 0 Å². The second-order valence-electron chi connectivity index (χ2n) is 9.37. The van der Waals surface area contributed by atoms with Gasteiger partial charge in [0.05, 0.1) is 23.9 Å². The topological polar surface area (TPSA) is 87.0 Å². The van der Waals surface area contributed by atoms with Crippen LogP contribution >= 0.6 is 0 Å². The van der Waals surface area contributed by atoms with Gasteiger partial charge < -0.3 is 20.1 Å². The highest BCUT2D eigenvalue weighted by molar-refractivity contribution is 5.69. The van der Waals surface area contributed by atoms with Crippen molar-refractivity contribution in [3.8, 4) is 0 Å². The summed E-state index contributed by atoms with van der Waals surface area (Å²) in [6, 6.07) is 0. The van der Waals surface area contributed by atoms with Crippen LogP contribution in [0, 0.1) is 40.9 Å². The fourth-order valence-corrected chi connectivity index (χ4v) is 4.40. The van der Waals surface area contributed by atoms with E-state index in [2.05, 4.69) is 11.7 Å². The van der Waals surface area contributed by atoms with E-state index in [1.165, 1.54) is 0 Å². The maximum Gasteiger partial charge on any atom is 0.306 e. The first-order valence-corrected chi connectivity index (χ1v) is 12.6. The van der Waals surface area contributed by atoms with E-state index < -0.39 is 65.5 Å². The quantitative estimate of drug-likeness (QED) is 0.0744.